The number of carbonyl (C=O) groups excluding carboxylic acids is 2. The molecular weight excluding hydrogens is 316 g/mol. The quantitative estimate of drug-likeness (QED) is 0.724. The fourth-order valence-corrected chi connectivity index (χ4v) is 2.47. The van der Waals surface area contributed by atoms with E-state index in [0.29, 0.717) is 37.2 Å². The highest BCUT2D eigenvalue weighted by atomic mass is 16.5. The van der Waals surface area contributed by atoms with Gasteiger partial charge in [0.15, 0.2) is 0 Å². The minimum absolute atomic E-state index is 0.154. The van der Waals surface area contributed by atoms with Crippen LogP contribution in [0, 0.1) is 0 Å². The van der Waals surface area contributed by atoms with Crippen molar-refractivity contribution in [2.75, 3.05) is 18.5 Å². The molecule has 0 saturated carbocycles. The largest absolute Gasteiger partial charge is 0.466 e. The number of aryl methyl sites for hydroxylation is 1. The molecule has 0 aliphatic carbocycles. The number of nitrogens with one attached hydrogen (secondary N) is 1. The Morgan fingerprint density at radius 1 is 1.04 bits per heavy atom. The number of hydrogen-bond donors (Lipinski definition) is 2. The zero-order valence-corrected chi connectivity index (χ0v) is 14.5. The van der Waals surface area contributed by atoms with Crippen LogP contribution < -0.4 is 11.1 Å². The van der Waals surface area contributed by atoms with Crippen molar-refractivity contribution in [1.29, 1.82) is 0 Å². The predicted molar refractivity (Wildman–Crippen MR) is 98.5 cm³/mol. The molecule has 0 aliphatic rings. The van der Waals surface area contributed by atoms with Crippen LogP contribution in [-0.2, 0) is 22.4 Å². The number of esters is 1. The van der Waals surface area contributed by atoms with Crippen molar-refractivity contribution in [3.8, 4) is 0 Å². The molecule has 0 atom stereocenters. The summed E-state index contributed by atoms with van der Waals surface area (Å²) < 4.78 is 4.91. The van der Waals surface area contributed by atoms with E-state index in [9.17, 15) is 9.59 Å². The lowest BCUT2D eigenvalue weighted by atomic mass is 10.1. The van der Waals surface area contributed by atoms with Crippen molar-refractivity contribution in [1.82, 2.24) is 0 Å². The normalized spacial score (nSPS) is 10.3. The van der Waals surface area contributed by atoms with Crippen LogP contribution in [0.4, 0.5) is 5.69 Å². The zero-order valence-electron chi connectivity index (χ0n) is 14.5. The summed E-state index contributed by atoms with van der Waals surface area (Å²) in [5, 5.41) is 2.88. The fourth-order valence-electron chi connectivity index (χ4n) is 2.47. The van der Waals surface area contributed by atoms with Gasteiger partial charge in [-0.1, -0.05) is 24.3 Å². The average Bonchev–Trinajstić information content (AvgIpc) is 2.62. The summed E-state index contributed by atoms with van der Waals surface area (Å²) in [5.74, 6) is -0.351. The van der Waals surface area contributed by atoms with E-state index in [-0.39, 0.29) is 11.9 Å². The van der Waals surface area contributed by atoms with Gasteiger partial charge in [0, 0.05) is 17.7 Å². The van der Waals surface area contributed by atoms with Crippen LogP contribution in [0.1, 0.15) is 34.8 Å². The summed E-state index contributed by atoms with van der Waals surface area (Å²) in [6, 6.07) is 14.9. The smallest absolute Gasteiger partial charge is 0.306 e. The van der Waals surface area contributed by atoms with Gasteiger partial charge in [-0.15, -0.1) is 0 Å². The third-order valence-corrected chi connectivity index (χ3v) is 3.76. The van der Waals surface area contributed by atoms with Crippen molar-refractivity contribution in [2.45, 2.75) is 26.2 Å². The van der Waals surface area contributed by atoms with E-state index in [1.165, 1.54) is 0 Å². The predicted octanol–water partition coefficient (Wildman–Crippen LogP) is 2.94. The van der Waals surface area contributed by atoms with Crippen LogP contribution in [0.25, 0.3) is 0 Å². The molecule has 0 unspecified atom stereocenters. The number of nitrogens with two attached hydrogens (primary N) is 1. The Morgan fingerprint density at radius 3 is 2.48 bits per heavy atom. The van der Waals surface area contributed by atoms with Gasteiger partial charge in [-0.2, -0.15) is 0 Å². The second kappa shape index (κ2) is 9.59. The fraction of sp³-hybridized carbons (Fsp3) is 0.300. The lowest BCUT2D eigenvalue weighted by molar-refractivity contribution is -0.143. The maximum Gasteiger partial charge on any atom is 0.306 e. The van der Waals surface area contributed by atoms with Crippen LogP contribution in [0.15, 0.2) is 48.5 Å². The first kappa shape index (κ1) is 18.7. The maximum absolute atomic E-state index is 12.3. The minimum atomic E-state index is -0.197. The topological polar surface area (TPSA) is 81.4 Å². The van der Waals surface area contributed by atoms with Gasteiger partial charge in [-0.05, 0) is 61.7 Å². The van der Waals surface area contributed by atoms with Gasteiger partial charge in [0.1, 0.15) is 0 Å². The molecule has 0 aliphatic heterocycles. The first-order chi connectivity index (χ1) is 12.1. The molecule has 0 aromatic heterocycles. The van der Waals surface area contributed by atoms with Crippen LogP contribution >= 0.6 is 0 Å². The SMILES string of the molecule is CCOC(=O)CCc1ccc(NC(=O)c2cccc(CCN)c2)cc1. The Kier molecular flexibility index (Phi) is 7.16. The maximum atomic E-state index is 12.3. The van der Waals surface area contributed by atoms with Crippen LogP contribution in [-0.4, -0.2) is 25.0 Å². The van der Waals surface area contributed by atoms with E-state index in [2.05, 4.69) is 5.32 Å². The number of amides is 1. The minimum Gasteiger partial charge on any atom is -0.466 e. The summed E-state index contributed by atoms with van der Waals surface area (Å²) in [4.78, 5) is 23.7. The van der Waals surface area contributed by atoms with Crippen LogP contribution in [0.5, 0.6) is 0 Å². The Labute approximate surface area is 148 Å². The second-order valence-electron chi connectivity index (χ2n) is 5.70. The van der Waals surface area contributed by atoms with E-state index < -0.39 is 0 Å². The molecule has 5 heteroatoms. The average molecular weight is 340 g/mol. The standard InChI is InChI=1S/C20H24N2O3/c1-2-25-19(23)11-8-15-6-9-18(10-7-15)22-20(24)17-5-3-4-16(14-17)12-13-21/h3-7,9-10,14H,2,8,11-13,21H2,1H3,(H,22,24). The van der Waals surface area contributed by atoms with Crippen LogP contribution in [0.3, 0.4) is 0 Å². The lowest BCUT2D eigenvalue weighted by Crippen LogP contribution is -2.12. The highest BCUT2D eigenvalue weighted by Crippen LogP contribution is 2.14. The monoisotopic (exact) mass is 340 g/mol. The van der Waals surface area contributed by atoms with Crippen molar-refractivity contribution in [2.24, 2.45) is 5.73 Å². The number of ether oxygens (including phenoxy) is 1. The summed E-state index contributed by atoms with van der Waals surface area (Å²) in [5.41, 5.74) is 8.95. The molecule has 3 N–H and O–H groups in total. The van der Waals surface area contributed by atoms with Gasteiger partial charge in [-0.3, -0.25) is 9.59 Å². The van der Waals surface area contributed by atoms with E-state index in [1.807, 2.05) is 42.5 Å². The summed E-state index contributed by atoms with van der Waals surface area (Å²) in [7, 11) is 0. The van der Waals surface area contributed by atoms with E-state index in [0.717, 1.165) is 17.5 Å². The Hall–Kier alpha value is -2.66. The Bertz CT molecular complexity index is 711. The Balaban J connectivity index is 1.93. The molecule has 0 fully saturated rings. The van der Waals surface area contributed by atoms with Crippen molar-refractivity contribution < 1.29 is 14.3 Å². The van der Waals surface area contributed by atoms with E-state index in [4.69, 9.17) is 10.5 Å². The molecule has 25 heavy (non-hydrogen) atoms. The Morgan fingerprint density at radius 2 is 1.80 bits per heavy atom. The molecule has 2 rings (SSSR count). The summed E-state index contributed by atoms with van der Waals surface area (Å²) in [6.45, 7) is 2.75. The highest BCUT2D eigenvalue weighted by Gasteiger charge is 2.07. The molecule has 5 nitrogen and oxygen atoms in total. The number of hydrogen-bond acceptors (Lipinski definition) is 4. The molecule has 2 aromatic carbocycles. The molecule has 132 valence electrons. The van der Waals surface area contributed by atoms with Crippen molar-refractivity contribution in [3.05, 3.63) is 65.2 Å². The molecule has 0 heterocycles. The van der Waals surface area contributed by atoms with E-state index in [1.54, 1.807) is 13.0 Å². The summed E-state index contributed by atoms with van der Waals surface area (Å²) >= 11 is 0. The third kappa shape index (κ3) is 6.04. The highest BCUT2D eigenvalue weighted by molar-refractivity contribution is 6.04. The zero-order chi connectivity index (χ0) is 18.1. The number of anilines is 1. The van der Waals surface area contributed by atoms with E-state index >= 15 is 0 Å². The first-order valence-corrected chi connectivity index (χ1v) is 8.47. The number of benzene rings is 2. The van der Waals surface area contributed by atoms with Gasteiger partial charge in [-0.25, -0.2) is 0 Å². The number of carbonyl (C=O) groups is 2. The van der Waals surface area contributed by atoms with Gasteiger partial charge < -0.3 is 15.8 Å². The van der Waals surface area contributed by atoms with Gasteiger partial charge in [0.25, 0.3) is 5.91 Å². The molecule has 0 bridgehead atoms. The number of rotatable bonds is 8. The van der Waals surface area contributed by atoms with Gasteiger partial charge in [0.05, 0.1) is 6.61 Å². The third-order valence-electron chi connectivity index (χ3n) is 3.76. The van der Waals surface area contributed by atoms with Gasteiger partial charge >= 0.3 is 5.97 Å². The first-order valence-electron chi connectivity index (χ1n) is 8.47. The van der Waals surface area contributed by atoms with Crippen LogP contribution in [0.2, 0.25) is 0 Å². The van der Waals surface area contributed by atoms with Crippen molar-refractivity contribution in [3.63, 3.8) is 0 Å². The van der Waals surface area contributed by atoms with Gasteiger partial charge in [0.2, 0.25) is 0 Å². The molecule has 0 radical (unpaired) electrons. The lowest BCUT2D eigenvalue weighted by Gasteiger charge is -2.08. The molecule has 0 spiro atoms. The molecule has 0 saturated heterocycles. The molecule has 2 aromatic rings. The molecule has 1 amide bonds. The molecular formula is C20H24N2O3. The summed E-state index contributed by atoms with van der Waals surface area (Å²) in [6.07, 6.45) is 1.72. The van der Waals surface area contributed by atoms with Crippen molar-refractivity contribution >= 4 is 17.6 Å². The second-order valence-corrected chi connectivity index (χ2v) is 5.70.